The van der Waals surface area contributed by atoms with E-state index in [-0.39, 0.29) is 23.7 Å². The summed E-state index contributed by atoms with van der Waals surface area (Å²) in [5.41, 5.74) is 2.18. The van der Waals surface area contributed by atoms with E-state index in [1.54, 1.807) is 35.3 Å². The summed E-state index contributed by atoms with van der Waals surface area (Å²) in [7, 11) is 0. The Kier molecular flexibility index (Phi) is 5.46. The molecule has 4 rings (SSSR count). The summed E-state index contributed by atoms with van der Waals surface area (Å²) >= 11 is 0. The van der Waals surface area contributed by atoms with Crippen LogP contribution in [0.25, 0.3) is 0 Å². The van der Waals surface area contributed by atoms with Crippen molar-refractivity contribution in [2.45, 2.75) is 38.3 Å². The van der Waals surface area contributed by atoms with E-state index in [9.17, 15) is 9.18 Å². The van der Waals surface area contributed by atoms with Gasteiger partial charge in [0.05, 0.1) is 12.6 Å². The molecule has 0 saturated heterocycles. The molecule has 0 radical (unpaired) electrons. The van der Waals surface area contributed by atoms with Gasteiger partial charge in [0, 0.05) is 11.1 Å². The molecule has 3 aromatic rings. The van der Waals surface area contributed by atoms with Crippen LogP contribution in [-0.2, 0) is 6.54 Å². The second kappa shape index (κ2) is 8.33. The predicted octanol–water partition coefficient (Wildman–Crippen LogP) is 4.13. The van der Waals surface area contributed by atoms with Gasteiger partial charge in [-0.05, 0) is 42.5 Å². The summed E-state index contributed by atoms with van der Waals surface area (Å²) in [6.07, 6.45) is 7.42. The molecule has 1 heterocycles. The van der Waals surface area contributed by atoms with Crippen molar-refractivity contribution in [2.24, 2.45) is 5.92 Å². The van der Waals surface area contributed by atoms with Crippen LogP contribution >= 0.6 is 0 Å². The van der Waals surface area contributed by atoms with E-state index >= 15 is 0 Å². The van der Waals surface area contributed by atoms with Crippen LogP contribution in [0.1, 0.15) is 53.2 Å². The maximum Gasteiger partial charge on any atom is 0.251 e. The highest BCUT2D eigenvalue weighted by atomic mass is 19.1. The molecule has 0 aliphatic heterocycles. The number of hydrogen-bond donors (Lipinski definition) is 1. The molecule has 0 bridgehead atoms. The lowest BCUT2D eigenvalue weighted by Crippen LogP contribution is -2.33. The predicted molar refractivity (Wildman–Crippen MR) is 104 cm³/mol. The van der Waals surface area contributed by atoms with E-state index < -0.39 is 0 Å². The molecule has 28 heavy (non-hydrogen) atoms. The zero-order valence-corrected chi connectivity index (χ0v) is 15.6. The van der Waals surface area contributed by atoms with Gasteiger partial charge in [0.15, 0.2) is 0 Å². The number of benzene rings is 2. The first kappa shape index (κ1) is 18.3. The number of carbonyl (C=O) groups excluding carboxylic acids is 1. The minimum atomic E-state index is -0.300. The Balaban J connectivity index is 1.50. The Bertz CT molecular complexity index is 918. The van der Waals surface area contributed by atoms with Crippen molar-refractivity contribution in [3.8, 4) is 0 Å². The van der Waals surface area contributed by atoms with Gasteiger partial charge >= 0.3 is 0 Å². The minimum Gasteiger partial charge on any atom is -0.345 e. The lowest BCUT2D eigenvalue weighted by Gasteiger charge is -2.25. The zero-order valence-electron chi connectivity index (χ0n) is 15.6. The van der Waals surface area contributed by atoms with Crippen LogP contribution in [0.3, 0.4) is 0 Å². The number of halogens is 1. The van der Waals surface area contributed by atoms with E-state index in [1.807, 2.05) is 18.2 Å². The smallest absolute Gasteiger partial charge is 0.251 e. The van der Waals surface area contributed by atoms with Crippen molar-refractivity contribution in [2.75, 3.05) is 0 Å². The van der Waals surface area contributed by atoms with E-state index in [4.69, 9.17) is 0 Å². The first-order valence-electron chi connectivity index (χ1n) is 9.67. The summed E-state index contributed by atoms with van der Waals surface area (Å²) in [5.74, 6) is -0.164. The van der Waals surface area contributed by atoms with Crippen molar-refractivity contribution in [1.82, 2.24) is 20.1 Å². The van der Waals surface area contributed by atoms with Crippen LogP contribution < -0.4 is 5.32 Å². The quantitative estimate of drug-likeness (QED) is 0.702. The molecule has 1 aromatic heterocycles. The average Bonchev–Trinajstić information content (AvgIpc) is 3.41. The van der Waals surface area contributed by atoms with Crippen molar-refractivity contribution < 1.29 is 9.18 Å². The molecule has 0 spiro atoms. The monoisotopic (exact) mass is 378 g/mol. The minimum absolute atomic E-state index is 0.174. The van der Waals surface area contributed by atoms with E-state index in [0.29, 0.717) is 17.7 Å². The van der Waals surface area contributed by atoms with Crippen molar-refractivity contribution in [3.63, 3.8) is 0 Å². The number of carbonyl (C=O) groups is 1. The Morgan fingerprint density at radius 1 is 1.14 bits per heavy atom. The third-order valence-electron chi connectivity index (χ3n) is 5.43. The second-order valence-corrected chi connectivity index (χ2v) is 7.31. The fraction of sp³-hybridized carbons (Fsp3) is 0.318. The fourth-order valence-electron chi connectivity index (χ4n) is 3.96. The standard InChI is InChI=1S/C22H23FN4O/c23-20-8-4-3-7-19(20)21(17-5-1-2-6-17)26-22(28)18-11-9-16(10-12-18)13-27-15-24-14-25-27/h3-4,7-12,14-15,17,21H,1-2,5-6,13H2,(H,26,28). The van der Waals surface area contributed by atoms with Gasteiger partial charge in [0.1, 0.15) is 18.5 Å². The van der Waals surface area contributed by atoms with Crippen LogP contribution in [0, 0.1) is 11.7 Å². The third-order valence-corrected chi connectivity index (χ3v) is 5.43. The Labute approximate surface area is 163 Å². The summed E-state index contributed by atoms with van der Waals surface area (Å²) in [5, 5.41) is 7.18. The normalized spacial score (nSPS) is 15.5. The molecular weight excluding hydrogens is 355 g/mol. The van der Waals surface area contributed by atoms with Gasteiger partial charge in [-0.25, -0.2) is 14.1 Å². The molecule has 1 N–H and O–H groups in total. The number of rotatable bonds is 6. The van der Waals surface area contributed by atoms with Crippen LogP contribution in [0.15, 0.2) is 61.2 Å². The van der Waals surface area contributed by atoms with Gasteiger partial charge in [0.2, 0.25) is 0 Å². The summed E-state index contributed by atoms with van der Waals surface area (Å²) in [6.45, 7) is 0.599. The van der Waals surface area contributed by atoms with E-state index in [2.05, 4.69) is 15.4 Å². The largest absolute Gasteiger partial charge is 0.345 e. The molecule has 1 aliphatic rings. The molecule has 1 unspecified atom stereocenters. The molecule has 1 fully saturated rings. The molecule has 1 saturated carbocycles. The number of aromatic nitrogens is 3. The van der Waals surface area contributed by atoms with Gasteiger partial charge in [0.25, 0.3) is 5.91 Å². The molecule has 144 valence electrons. The SMILES string of the molecule is O=C(NC(c1ccccc1F)C1CCCC1)c1ccc(Cn2cncn2)cc1. The summed E-state index contributed by atoms with van der Waals surface area (Å²) < 4.78 is 16.1. The van der Waals surface area contributed by atoms with Gasteiger partial charge in [-0.2, -0.15) is 5.10 Å². The third kappa shape index (κ3) is 4.11. The number of nitrogens with one attached hydrogen (secondary N) is 1. The molecular formula is C22H23FN4O. The molecule has 1 amide bonds. The summed E-state index contributed by atoms with van der Waals surface area (Å²) in [4.78, 5) is 16.8. The van der Waals surface area contributed by atoms with Crippen molar-refractivity contribution in [1.29, 1.82) is 0 Å². The molecule has 1 atom stereocenters. The number of amides is 1. The number of nitrogens with zero attached hydrogens (tertiary/aromatic N) is 3. The highest BCUT2D eigenvalue weighted by Crippen LogP contribution is 2.36. The van der Waals surface area contributed by atoms with Gasteiger partial charge in [-0.1, -0.05) is 43.2 Å². The maximum atomic E-state index is 14.4. The highest BCUT2D eigenvalue weighted by molar-refractivity contribution is 5.94. The van der Waals surface area contributed by atoms with Crippen LogP contribution in [0.5, 0.6) is 0 Å². The first-order valence-corrected chi connectivity index (χ1v) is 9.67. The fourth-order valence-corrected chi connectivity index (χ4v) is 3.96. The molecule has 5 nitrogen and oxygen atoms in total. The molecule has 2 aromatic carbocycles. The van der Waals surface area contributed by atoms with Crippen LogP contribution in [0.2, 0.25) is 0 Å². The van der Waals surface area contributed by atoms with E-state index in [1.165, 1.54) is 12.4 Å². The number of hydrogen-bond acceptors (Lipinski definition) is 3. The van der Waals surface area contributed by atoms with Gasteiger partial charge in [-0.15, -0.1) is 0 Å². The lowest BCUT2D eigenvalue weighted by atomic mass is 9.91. The Morgan fingerprint density at radius 3 is 2.57 bits per heavy atom. The Hall–Kier alpha value is -3.02. The van der Waals surface area contributed by atoms with Gasteiger partial charge in [-0.3, -0.25) is 4.79 Å². The summed E-state index contributed by atoms with van der Waals surface area (Å²) in [6, 6.07) is 13.9. The second-order valence-electron chi connectivity index (χ2n) is 7.31. The van der Waals surface area contributed by atoms with Crippen molar-refractivity contribution >= 4 is 5.91 Å². The van der Waals surface area contributed by atoms with E-state index in [0.717, 1.165) is 31.2 Å². The van der Waals surface area contributed by atoms with Crippen molar-refractivity contribution in [3.05, 3.63) is 83.7 Å². The highest BCUT2D eigenvalue weighted by Gasteiger charge is 2.29. The van der Waals surface area contributed by atoms with Gasteiger partial charge < -0.3 is 5.32 Å². The molecule has 1 aliphatic carbocycles. The average molecular weight is 378 g/mol. The maximum absolute atomic E-state index is 14.4. The zero-order chi connectivity index (χ0) is 19.3. The topological polar surface area (TPSA) is 59.8 Å². The molecule has 6 heteroatoms. The first-order chi connectivity index (χ1) is 13.7. The van der Waals surface area contributed by atoms with Crippen LogP contribution in [0.4, 0.5) is 4.39 Å². The lowest BCUT2D eigenvalue weighted by molar-refractivity contribution is 0.0921. The van der Waals surface area contributed by atoms with Crippen LogP contribution in [-0.4, -0.2) is 20.7 Å². The Morgan fingerprint density at radius 2 is 1.89 bits per heavy atom.